The Balaban J connectivity index is 1.44. The quantitative estimate of drug-likeness (QED) is 0.838. The van der Waals surface area contributed by atoms with Gasteiger partial charge in [0, 0.05) is 48.1 Å². The van der Waals surface area contributed by atoms with Gasteiger partial charge < -0.3 is 15.2 Å². The number of piperidine rings is 1. The fourth-order valence-electron chi connectivity index (χ4n) is 4.66. The van der Waals surface area contributed by atoms with Crippen molar-refractivity contribution in [2.45, 2.75) is 50.0 Å². The summed E-state index contributed by atoms with van der Waals surface area (Å²) in [6.07, 6.45) is 9.31. The number of pyridine rings is 1. The maximum atomic E-state index is 12.7. The van der Waals surface area contributed by atoms with E-state index in [4.69, 9.17) is 4.98 Å². The molecule has 1 unspecified atom stereocenters. The summed E-state index contributed by atoms with van der Waals surface area (Å²) in [5, 5.41) is 3.32. The van der Waals surface area contributed by atoms with E-state index in [-0.39, 0.29) is 16.9 Å². The molecule has 2 aliphatic carbocycles. The third-order valence-electron chi connectivity index (χ3n) is 6.36. The molecule has 1 saturated heterocycles. The lowest BCUT2D eigenvalue weighted by Gasteiger charge is -2.40. The maximum absolute atomic E-state index is 12.7. The molecule has 0 aromatic carbocycles. The smallest absolute Gasteiger partial charge is 0.254 e. The third-order valence-corrected chi connectivity index (χ3v) is 6.36. The predicted molar refractivity (Wildman–Crippen MR) is 105 cm³/mol. The lowest BCUT2D eigenvalue weighted by atomic mass is 9.77. The topological polar surface area (TPSA) is 91.0 Å². The lowest BCUT2D eigenvalue weighted by molar-refractivity contribution is -0.132. The Morgan fingerprint density at radius 1 is 1.36 bits per heavy atom. The Morgan fingerprint density at radius 2 is 2.25 bits per heavy atom. The number of aromatic nitrogens is 3. The van der Waals surface area contributed by atoms with Crippen LogP contribution in [-0.2, 0) is 16.6 Å². The number of fused-ring (bicyclic) bond motifs is 2. The molecule has 3 aliphatic rings. The first kappa shape index (κ1) is 17.6. The van der Waals surface area contributed by atoms with Crippen molar-refractivity contribution in [2.75, 3.05) is 19.6 Å². The number of nitrogens with one attached hydrogen (secondary N) is 2. The van der Waals surface area contributed by atoms with Crippen molar-refractivity contribution >= 4 is 5.91 Å². The number of carbonyl (C=O) groups is 1. The van der Waals surface area contributed by atoms with E-state index in [0.29, 0.717) is 25.0 Å². The summed E-state index contributed by atoms with van der Waals surface area (Å²) >= 11 is 0. The largest absolute Gasteiger partial charge is 0.341 e. The van der Waals surface area contributed by atoms with Gasteiger partial charge in [-0.15, -0.1) is 0 Å². The van der Waals surface area contributed by atoms with E-state index in [9.17, 15) is 9.59 Å². The van der Waals surface area contributed by atoms with Gasteiger partial charge >= 0.3 is 0 Å². The molecule has 0 radical (unpaired) electrons. The van der Waals surface area contributed by atoms with Crippen molar-refractivity contribution in [3.05, 3.63) is 46.1 Å². The molecule has 1 spiro atoms. The fourth-order valence-corrected chi connectivity index (χ4v) is 4.66. The van der Waals surface area contributed by atoms with E-state index < -0.39 is 0 Å². The van der Waals surface area contributed by atoms with Gasteiger partial charge in [0.1, 0.15) is 5.82 Å². The predicted octanol–water partition coefficient (Wildman–Crippen LogP) is 1.39. The molecule has 2 fully saturated rings. The molecule has 7 nitrogen and oxygen atoms in total. The van der Waals surface area contributed by atoms with Gasteiger partial charge in [0.15, 0.2) is 0 Å². The Labute approximate surface area is 163 Å². The minimum atomic E-state index is -0.200. The molecule has 5 rings (SSSR count). The molecule has 3 heterocycles. The van der Waals surface area contributed by atoms with Gasteiger partial charge in [-0.1, -0.05) is 0 Å². The van der Waals surface area contributed by atoms with Crippen molar-refractivity contribution in [3.8, 4) is 11.4 Å². The first-order chi connectivity index (χ1) is 13.6. The molecular weight excluding hydrogens is 354 g/mol. The second-order valence-electron chi connectivity index (χ2n) is 8.34. The molecule has 1 amide bonds. The summed E-state index contributed by atoms with van der Waals surface area (Å²) in [6.45, 7) is 1.87. The molecule has 1 saturated carbocycles. The van der Waals surface area contributed by atoms with Crippen molar-refractivity contribution in [1.29, 1.82) is 0 Å². The van der Waals surface area contributed by atoms with Crippen molar-refractivity contribution < 1.29 is 4.79 Å². The standard InChI is InChI=1S/C21H25N5O2/c27-17(12-23-15-4-5-15)26-10-2-7-21(13-26)8-6-16-18(21)24-19(25-20(16)28)14-3-1-9-22-11-14/h1,3,9,11,15,23H,2,4-8,10,12-13H2,(H,24,25,28). The van der Waals surface area contributed by atoms with Crippen LogP contribution in [0.3, 0.4) is 0 Å². The van der Waals surface area contributed by atoms with Gasteiger partial charge in [0.2, 0.25) is 5.91 Å². The van der Waals surface area contributed by atoms with Crippen LogP contribution in [0.15, 0.2) is 29.3 Å². The minimum Gasteiger partial charge on any atom is -0.341 e. The SMILES string of the molecule is O=C(CNC1CC1)N1CCCC2(CCc3c2nc(-c2cccnc2)[nH]c3=O)C1. The highest BCUT2D eigenvalue weighted by atomic mass is 16.2. The van der Waals surface area contributed by atoms with E-state index in [1.807, 2.05) is 17.0 Å². The highest BCUT2D eigenvalue weighted by Gasteiger charge is 2.45. The third kappa shape index (κ3) is 3.13. The van der Waals surface area contributed by atoms with Crippen LogP contribution in [0.2, 0.25) is 0 Å². The van der Waals surface area contributed by atoms with Crippen molar-refractivity contribution in [3.63, 3.8) is 0 Å². The number of hydrogen-bond donors (Lipinski definition) is 2. The van der Waals surface area contributed by atoms with Crippen LogP contribution in [0, 0.1) is 0 Å². The molecule has 28 heavy (non-hydrogen) atoms. The van der Waals surface area contributed by atoms with E-state index in [0.717, 1.165) is 49.0 Å². The van der Waals surface area contributed by atoms with Crippen LogP contribution in [0.25, 0.3) is 11.4 Å². The second-order valence-corrected chi connectivity index (χ2v) is 8.34. The average molecular weight is 379 g/mol. The van der Waals surface area contributed by atoms with Gasteiger partial charge in [0.05, 0.1) is 12.2 Å². The monoisotopic (exact) mass is 379 g/mol. The number of carbonyl (C=O) groups excluding carboxylic acids is 1. The number of nitrogens with zero attached hydrogens (tertiary/aromatic N) is 3. The summed E-state index contributed by atoms with van der Waals surface area (Å²) in [5.41, 5.74) is 2.23. The second kappa shape index (κ2) is 6.81. The van der Waals surface area contributed by atoms with E-state index >= 15 is 0 Å². The lowest BCUT2D eigenvalue weighted by Crippen LogP contribution is -2.50. The molecule has 1 atom stereocenters. The molecule has 0 bridgehead atoms. The first-order valence-electron chi connectivity index (χ1n) is 10.2. The number of amides is 1. The Morgan fingerprint density at radius 3 is 3.04 bits per heavy atom. The minimum absolute atomic E-state index is 0.0559. The first-order valence-corrected chi connectivity index (χ1v) is 10.2. The highest BCUT2D eigenvalue weighted by Crippen LogP contribution is 2.43. The maximum Gasteiger partial charge on any atom is 0.254 e. The molecule has 1 aliphatic heterocycles. The summed E-state index contributed by atoms with van der Waals surface area (Å²) in [4.78, 5) is 39.4. The van der Waals surface area contributed by atoms with Crippen LogP contribution < -0.4 is 10.9 Å². The zero-order chi connectivity index (χ0) is 19.1. The van der Waals surface area contributed by atoms with Crippen LogP contribution in [0.4, 0.5) is 0 Å². The number of H-pyrrole nitrogens is 1. The number of likely N-dealkylation sites (tertiary alicyclic amines) is 1. The number of hydrogen-bond acceptors (Lipinski definition) is 5. The Hall–Kier alpha value is -2.54. The average Bonchev–Trinajstić information content (AvgIpc) is 3.50. The molecule has 7 heteroatoms. The summed E-state index contributed by atoms with van der Waals surface area (Å²) in [7, 11) is 0. The number of aromatic amines is 1. The zero-order valence-corrected chi connectivity index (χ0v) is 15.9. The summed E-state index contributed by atoms with van der Waals surface area (Å²) in [6, 6.07) is 4.27. The molecule has 2 aromatic heterocycles. The molecular formula is C21H25N5O2. The van der Waals surface area contributed by atoms with Crippen molar-refractivity contribution in [1.82, 2.24) is 25.2 Å². The molecule has 2 N–H and O–H groups in total. The highest BCUT2D eigenvalue weighted by molar-refractivity contribution is 5.78. The molecule has 146 valence electrons. The van der Waals surface area contributed by atoms with Crippen LogP contribution in [-0.4, -0.2) is 51.4 Å². The normalized spacial score (nSPS) is 23.8. The van der Waals surface area contributed by atoms with Gasteiger partial charge in [-0.05, 0) is 50.7 Å². The summed E-state index contributed by atoms with van der Waals surface area (Å²) < 4.78 is 0. The number of rotatable bonds is 4. The van der Waals surface area contributed by atoms with Crippen LogP contribution >= 0.6 is 0 Å². The zero-order valence-electron chi connectivity index (χ0n) is 15.9. The van der Waals surface area contributed by atoms with Crippen molar-refractivity contribution in [2.24, 2.45) is 0 Å². The summed E-state index contributed by atoms with van der Waals surface area (Å²) in [5.74, 6) is 0.730. The van der Waals surface area contributed by atoms with E-state index in [1.165, 1.54) is 12.8 Å². The van der Waals surface area contributed by atoms with Gasteiger partial charge in [-0.3, -0.25) is 14.6 Å². The Kier molecular flexibility index (Phi) is 4.27. The fraction of sp³-hybridized carbons (Fsp3) is 0.524. The van der Waals surface area contributed by atoms with Gasteiger partial charge in [-0.2, -0.15) is 0 Å². The Bertz CT molecular complexity index is 953. The van der Waals surface area contributed by atoms with Crippen LogP contribution in [0.1, 0.15) is 43.4 Å². The van der Waals surface area contributed by atoms with Gasteiger partial charge in [0.25, 0.3) is 5.56 Å². The van der Waals surface area contributed by atoms with E-state index in [1.54, 1.807) is 12.4 Å². The van der Waals surface area contributed by atoms with Gasteiger partial charge in [-0.25, -0.2) is 4.98 Å². The van der Waals surface area contributed by atoms with Crippen LogP contribution in [0.5, 0.6) is 0 Å². The van der Waals surface area contributed by atoms with E-state index in [2.05, 4.69) is 15.3 Å². The molecule has 2 aromatic rings.